The first kappa shape index (κ1) is 15.6. The maximum atomic E-state index is 12.0. The summed E-state index contributed by atoms with van der Waals surface area (Å²) in [5.74, 6) is 0. The van der Waals surface area contributed by atoms with Crippen LogP contribution in [0.5, 0.6) is 0 Å². The van der Waals surface area contributed by atoms with Crippen LogP contribution < -0.4 is 4.72 Å². The van der Waals surface area contributed by atoms with Gasteiger partial charge in [0.2, 0.25) is 10.0 Å². The van der Waals surface area contributed by atoms with E-state index in [1.807, 2.05) is 13.8 Å². The molecule has 0 amide bonds. The lowest BCUT2D eigenvalue weighted by atomic mass is 10.2. The second kappa shape index (κ2) is 6.65. The van der Waals surface area contributed by atoms with E-state index in [1.54, 1.807) is 18.2 Å². The molecule has 1 rings (SSSR count). The van der Waals surface area contributed by atoms with Gasteiger partial charge in [0.1, 0.15) is 0 Å². The first-order valence-corrected chi connectivity index (χ1v) is 8.08. The van der Waals surface area contributed by atoms with Crippen LogP contribution in [-0.4, -0.2) is 26.2 Å². The molecular formula is C12H18BrNO3S. The number of sulfonamides is 1. The van der Waals surface area contributed by atoms with Crippen molar-refractivity contribution in [2.75, 3.05) is 6.54 Å². The fourth-order valence-corrected chi connectivity index (χ4v) is 3.81. The summed E-state index contributed by atoms with van der Waals surface area (Å²) >= 11 is 3.24. The fourth-order valence-electron chi connectivity index (χ4n) is 1.54. The summed E-state index contributed by atoms with van der Waals surface area (Å²) in [6.07, 6.45) is 0.753. The Bertz CT molecular complexity index is 502. The van der Waals surface area contributed by atoms with Gasteiger partial charge in [-0.15, -0.1) is 0 Å². The van der Waals surface area contributed by atoms with Gasteiger partial charge in [-0.1, -0.05) is 19.4 Å². The SMILES string of the molecule is CCCC(O)CNS(=O)(=O)c1ccc(C)cc1Br. The Balaban J connectivity index is 2.80. The Morgan fingerprint density at radius 2 is 2.11 bits per heavy atom. The molecule has 0 saturated heterocycles. The predicted octanol–water partition coefficient (Wildman–Crippen LogP) is 2.20. The lowest BCUT2D eigenvalue weighted by Gasteiger charge is -2.12. The Hall–Kier alpha value is -0.430. The predicted molar refractivity (Wildman–Crippen MR) is 75.0 cm³/mol. The van der Waals surface area contributed by atoms with Crippen LogP contribution in [0.1, 0.15) is 25.3 Å². The maximum absolute atomic E-state index is 12.0. The van der Waals surface area contributed by atoms with Crippen LogP contribution in [0.2, 0.25) is 0 Å². The Morgan fingerprint density at radius 3 is 2.67 bits per heavy atom. The quantitative estimate of drug-likeness (QED) is 0.837. The molecule has 0 fully saturated rings. The van der Waals surface area contributed by atoms with E-state index in [0.29, 0.717) is 10.9 Å². The smallest absolute Gasteiger partial charge is 0.241 e. The molecule has 1 aromatic rings. The highest BCUT2D eigenvalue weighted by atomic mass is 79.9. The van der Waals surface area contributed by atoms with Crippen LogP contribution in [0.4, 0.5) is 0 Å². The highest BCUT2D eigenvalue weighted by molar-refractivity contribution is 9.10. The standard InChI is InChI=1S/C12H18BrNO3S/c1-3-4-10(15)8-14-18(16,17)12-6-5-9(2)7-11(12)13/h5-7,10,14-15H,3-4,8H2,1-2H3. The van der Waals surface area contributed by atoms with E-state index in [2.05, 4.69) is 20.7 Å². The van der Waals surface area contributed by atoms with Crippen molar-refractivity contribution >= 4 is 26.0 Å². The molecule has 1 atom stereocenters. The average Bonchev–Trinajstić information content (AvgIpc) is 2.26. The molecular weight excluding hydrogens is 318 g/mol. The number of hydrogen-bond acceptors (Lipinski definition) is 3. The zero-order valence-corrected chi connectivity index (χ0v) is 12.9. The molecule has 2 N–H and O–H groups in total. The molecule has 0 aliphatic heterocycles. The van der Waals surface area contributed by atoms with E-state index >= 15 is 0 Å². The van der Waals surface area contributed by atoms with Gasteiger partial charge in [-0.3, -0.25) is 0 Å². The van der Waals surface area contributed by atoms with Crippen molar-refractivity contribution in [1.82, 2.24) is 4.72 Å². The Labute approximate surface area is 117 Å². The van der Waals surface area contributed by atoms with Gasteiger partial charge < -0.3 is 5.11 Å². The van der Waals surface area contributed by atoms with E-state index in [0.717, 1.165) is 12.0 Å². The van der Waals surface area contributed by atoms with Gasteiger partial charge in [0.25, 0.3) is 0 Å². The van der Waals surface area contributed by atoms with E-state index in [-0.39, 0.29) is 11.4 Å². The van der Waals surface area contributed by atoms with Gasteiger partial charge in [0, 0.05) is 11.0 Å². The maximum Gasteiger partial charge on any atom is 0.241 e. The van der Waals surface area contributed by atoms with E-state index in [9.17, 15) is 13.5 Å². The molecule has 6 heteroatoms. The molecule has 4 nitrogen and oxygen atoms in total. The fraction of sp³-hybridized carbons (Fsp3) is 0.500. The van der Waals surface area contributed by atoms with Crippen molar-refractivity contribution in [3.8, 4) is 0 Å². The molecule has 1 aromatic carbocycles. The largest absolute Gasteiger partial charge is 0.392 e. The number of aryl methyl sites for hydroxylation is 1. The first-order chi connectivity index (χ1) is 8.36. The number of rotatable bonds is 6. The summed E-state index contributed by atoms with van der Waals surface area (Å²) in [7, 11) is -3.58. The zero-order valence-electron chi connectivity index (χ0n) is 10.5. The summed E-state index contributed by atoms with van der Waals surface area (Å²) in [5.41, 5.74) is 0.979. The molecule has 0 aromatic heterocycles. The normalized spacial score (nSPS) is 13.6. The minimum Gasteiger partial charge on any atom is -0.392 e. The van der Waals surface area contributed by atoms with Crippen molar-refractivity contribution in [3.63, 3.8) is 0 Å². The summed E-state index contributed by atoms with van der Waals surface area (Å²) < 4.78 is 27.0. The van der Waals surface area contributed by atoms with Crippen molar-refractivity contribution in [1.29, 1.82) is 0 Å². The van der Waals surface area contributed by atoms with E-state index < -0.39 is 16.1 Å². The number of halogens is 1. The van der Waals surface area contributed by atoms with Crippen molar-refractivity contribution in [2.24, 2.45) is 0 Å². The molecule has 0 heterocycles. The molecule has 0 spiro atoms. The molecule has 0 aliphatic rings. The topological polar surface area (TPSA) is 66.4 Å². The average molecular weight is 336 g/mol. The van der Waals surface area contributed by atoms with Crippen LogP contribution in [0.3, 0.4) is 0 Å². The van der Waals surface area contributed by atoms with Gasteiger partial charge in [0.05, 0.1) is 11.0 Å². The zero-order chi connectivity index (χ0) is 13.8. The summed E-state index contributed by atoms with van der Waals surface area (Å²) in [4.78, 5) is 0.191. The molecule has 0 saturated carbocycles. The van der Waals surface area contributed by atoms with E-state index in [1.165, 1.54) is 0 Å². The first-order valence-electron chi connectivity index (χ1n) is 5.80. The number of aliphatic hydroxyl groups is 1. The third kappa shape index (κ3) is 4.35. The van der Waals surface area contributed by atoms with Crippen LogP contribution in [0, 0.1) is 6.92 Å². The summed E-state index contributed by atoms with van der Waals surface area (Å²) in [5, 5.41) is 9.53. The molecule has 102 valence electrons. The van der Waals surface area contributed by atoms with Crippen molar-refractivity contribution in [2.45, 2.75) is 37.7 Å². The molecule has 0 radical (unpaired) electrons. The third-order valence-electron chi connectivity index (χ3n) is 2.51. The lowest BCUT2D eigenvalue weighted by molar-refractivity contribution is 0.167. The second-order valence-corrected chi connectivity index (χ2v) is 6.82. The molecule has 1 unspecified atom stereocenters. The van der Waals surface area contributed by atoms with Crippen LogP contribution >= 0.6 is 15.9 Å². The molecule has 0 bridgehead atoms. The van der Waals surface area contributed by atoms with Gasteiger partial charge in [0.15, 0.2) is 0 Å². The van der Waals surface area contributed by atoms with E-state index in [4.69, 9.17) is 0 Å². The van der Waals surface area contributed by atoms with Gasteiger partial charge in [-0.05, 0) is 47.0 Å². The lowest BCUT2D eigenvalue weighted by Crippen LogP contribution is -2.32. The number of aliphatic hydroxyl groups excluding tert-OH is 1. The molecule has 18 heavy (non-hydrogen) atoms. The minimum absolute atomic E-state index is 0.0382. The van der Waals surface area contributed by atoms with Crippen molar-refractivity contribution in [3.05, 3.63) is 28.2 Å². The van der Waals surface area contributed by atoms with Gasteiger partial charge >= 0.3 is 0 Å². The highest BCUT2D eigenvalue weighted by Crippen LogP contribution is 2.22. The molecule has 0 aliphatic carbocycles. The Morgan fingerprint density at radius 1 is 1.44 bits per heavy atom. The summed E-state index contributed by atoms with van der Waals surface area (Å²) in [6.45, 7) is 3.87. The number of hydrogen-bond donors (Lipinski definition) is 2. The van der Waals surface area contributed by atoms with Crippen LogP contribution in [0.15, 0.2) is 27.6 Å². The van der Waals surface area contributed by atoms with Crippen LogP contribution in [-0.2, 0) is 10.0 Å². The number of benzene rings is 1. The summed E-state index contributed by atoms with van der Waals surface area (Å²) in [6, 6.07) is 5.03. The van der Waals surface area contributed by atoms with Crippen LogP contribution in [0.25, 0.3) is 0 Å². The van der Waals surface area contributed by atoms with Gasteiger partial charge in [-0.2, -0.15) is 0 Å². The van der Waals surface area contributed by atoms with Crippen molar-refractivity contribution < 1.29 is 13.5 Å². The minimum atomic E-state index is -3.58. The Kier molecular flexibility index (Phi) is 5.78. The highest BCUT2D eigenvalue weighted by Gasteiger charge is 2.18. The second-order valence-electron chi connectivity index (χ2n) is 4.23. The monoisotopic (exact) mass is 335 g/mol. The van der Waals surface area contributed by atoms with Gasteiger partial charge in [-0.25, -0.2) is 13.1 Å². The third-order valence-corrected chi connectivity index (χ3v) is 4.91. The number of nitrogens with one attached hydrogen (secondary N) is 1.